The first kappa shape index (κ1) is 18.9. The third kappa shape index (κ3) is 5.85. The van der Waals surface area contributed by atoms with E-state index >= 15 is 0 Å². The topological polar surface area (TPSA) is 93.4 Å². The third-order valence-corrected chi connectivity index (χ3v) is 3.79. The van der Waals surface area contributed by atoms with Gasteiger partial charge in [-0.15, -0.1) is 0 Å². The lowest BCUT2D eigenvalue weighted by molar-refractivity contribution is -0.127. The molecule has 0 aliphatic rings. The van der Waals surface area contributed by atoms with Crippen LogP contribution in [0.4, 0.5) is 10.5 Å². The molecule has 0 aliphatic carbocycles. The van der Waals surface area contributed by atoms with Gasteiger partial charge >= 0.3 is 6.03 Å². The summed E-state index contributed by atoms with van der Waals surface area (Å²) in [6.45, 7) is 1.94. The molecular formula is C17H17Cl2N3O3. The number of ether oxygens (including phenoxy) is 1. The lowest BCUT2D eigenvalue weighted by Gasteiger charge is -2.16. The van der Waals surface area contributed by atoms with E-state index in [0.29, 0.717) is 28.0 Å². The molecule has 8 heteroatoms. The van der Waals surface area contributed by atoms with Crippen molar-refractivity contribution in [2.45, 2.75) is 19.6 Å². The molecule has 2 rings (SSSR count). The van der Waals surface area contributed by atoms with Crippen molar-refractivity contribution in [1.29, 1.82) is 0 Å². The Hall–Kier alpha value is -2.44. The van der Waals surface area contributed by atoms with E-state index in [4.69, 9.17) is 33.7 Å². The summed E-state index contributed by atoms with van der Waals surface area (Å²) in [5.74, 6) is 0.0981. The van der Waals surface area contributed by atoms with E-state index in [2.05, 4.69) is 10.6 Å². The van der Waals surface area contributed by atoms with Gasteiger partial charge in [-0.2, -0.15) is 0 Å². The van der Waals surface area contributed by atoms with Crippen molar-refractivity contribution in [3.05, 3.63) is 58.1 Å². The maximum absolute atomic E-state index is 12.1. The summed E-state index contributed by atoms with van der Waals surface area (Å²) in [6, 6.07) is 11.1. The van der Waals surface area contributed by atoms with E-state index in [9.17, 15) is 9.59 Å². The predicted octanol–water partition coefficient (Wildman–Crippen LogP) is 3.57. The zero-order chi connectivity index (χ0) is 18.4. The fourth-order valence-corrected chi connectivity index (χ4v) is 2.45. The zero-order valence-electron chi connectivity index (χ0n) is 13.4. The number of rotatable bonds is 6. The van der Waals surface area contributed by atoms with Crippen LogP contribution in [0.25, 0.3) is 0 Å². The average molecular weight is 382 g/mol. The van der Waals surface area contributed by atoms with Crippen molar-refractivity contribution in [2.24, 2.45) is 5.73 Å². The molecule has 6 nitrogen and oxygen atoms in total. The zero-order valence-corrected chi connectivity index (χ0v) is 14.9. The smallest absolute Gasteiger partial charge is 0.316 e. The van der Waals surface area contributed by atoms with E-state index < -0.39 is 12.1 Å². The number of benzene rings is 2. The number of hydrogen-bond donors (Lipinski definition) is 3. The van der Waals surface area contributed by atoms with E-state index in [-0.39, 0.29) is 5.91 Å². The Balaban J connectivity index is 1.87. The van der Waals surface area contributed by atoms with Crippen LogP contribution in [0.2, 0.25) is 10.0 Å². The van der Waals surface area contributed by atoms with Crippen LogP contribution in [-0.2, 0) is 11.3 Å². The molecule has 0 fully saturated rings. The molecule has 4 N–H and O–H groups in total. The van der Waals surface area contributed by atoms with Gasteiger partial charge in [-0.1, -0.05) is 35.3 Å². The number of nitrogens with one attached hydrogen (secondary N) is 2. The summed E-state index contributed by atoms with van der Waals surface area (Å²) in [6.07, 6.45) is -0.727. The molecule has 0 aromatic heterocycles. The summed E-state index contributed by atoms with van der Waals surface area (Å²) in [7, 11) is 0. The predicted molar refractivity (Wildman–Crippen MR) is 98.0 cm³/mol. The molecule has 2 aromatic rings. The number of urea groups is 1. The minimum atomic E-state index is -0.727. The third-order valence-electron chi connectivity index (χ3n) is 3.26. The number of nitrogens with two attached hydrogens (primary N) is 1. The fraction of sp³-hybridized carbons (Fsp3) is 0.176. The molecule has 25 heavy (non-hydrogen) atoms. The lowest BCUT2D eigenvalue weighted by atomic mass is 10.2. The Labute approximate surface area is 155 Å². The first-order chi connectivity index (χ1) is 11.8. The van der Waals surface area contributed by atoms with Crippen LogP contribution in [0.5, 0.6) is 5.75 Å². The number of hydrogen-bond acceptors (Lipinski definition) is 3. The summed E-state index contributed by atoms with van der Waals surface area (Å²) in [5, 5.41) is 6.05. The highest BCUT2D eigenvalue weighted by Gasteiger charge is 2.16. The molecule has 0 saturated carbocycles. The second-order valence-electron chi connectivity index (χ2n) is 5.24. The van der Waals surface area contributed by atoms with Gasteiger partial charge in [-0.05, 0) is 42.8 Å². The van der Waals surface area contributed by atoms with Gasteiger partial charge in [0.15, 0.2) is 6.10 Å². The Morgan fingerprint density at radius 2 is 1.84 bits per heavy atom. The Morgan fingerprint density at radius 3 is 2.44 bits per heavy atom. The van der Waals surface area contributed by atoms with Gasteiger partial charge in [-0.3, -0.25) is 4.79 Å². The van der Waals surface area contributed by atoms with Gasteiger partial charge in [0.05, 0.1) is 5.02 Å². The van der Waals surface area contributed by atoms with Crippen LogP contribution in [0, 0.1) is 0 Å². The van der Waals surface area contributed by atoms with Crippen molar-refractivity contribution in [3.8, 4) is 5.75 Å². The Kier molecular flexibility index (Phi) is 6.50. The monoisotopic (exact) mass is 381 g/mol. The normalized spacial score (nSPS) is 11.5. The van der Waals surface area contributed by atoms with Crippen LogP contribution in [0.15, 0.2) is 42.5 Å². The molecule has 0 aliphatic heterocycles. The molecule has 0 spiro atoms. The number of halogens is 2. The molecule has 0 saturated heterocycles. The van der Waals surface area contributed by atoms with Gasteiger partial charge in [0.25, 0.3) is 5.91 Å². The second kappa shape index (κ2) is 8.60. The first-order valence-corrected chi connectivity index (χ1v) is 8.15. The minimum Gasteiger partial charge on any atom is -0.479 e. The average Bonchev–Trinajstić information content (AvgIpc) is 2.56. The van der Waals surface area contributed by atoms with Gasteiger partial charge in [0.2, 0.25) is 0 Å². The van der Waals surface area contributed by atoms with Crippen molar-refractivity contribution < 1.29 is 14.3 Å². The number of amides is 3. The number of carbonyl (C=O) groups is 2. The summed E-state index contributed by atoms with van der Waals surface area (Å²) in [5.41, 5.74) is 6.48. The summed E-state index contributed by atoms with van der Waals surface area (Å²) in [4.78, 5) is 22.9. The van der Waals surface area contributed by atoms with Gasteiger partial charge in [0, 0.05) is 17.3 Å². The molecule has 3 amide bonds. The molecule has 0 bridgehead atoms. The summed E-state index contributed by atoms with van der Waals surface area (Å²) >= 11 is 11.8. The van der Waals surface area contributed by atoms with Crippen molar-refractivity contribution >= 4 is 40.8 Å². The minimum absolute atomic E-state index is 0.287. The highest BCUT2D eigenvalue weighted by atomic mass is 35.5. The molecule has 1 unspecified atom stereocenters. The standard InChI is InChI=1S/C17H17Cl2N3O3/c1-10(25-15-7-4-12(18)8-14(15)19)16(23)21-9-11-2-5-13(6-3-11)22-17(20)24/h2-8,10H,9H2,1H3,(H,21,23)(H3,20,22,24). The highest BCUT2D eigenvalue weighted by molar-refractivity contribution is 6.35. The molecule has 1 atom stereocenters. The van der Waals surface area contributed by atoms with Gasteiger partial charge < -0.3 is 21.1 Å². The van der Waals surface area contributed by atoms with Crippen molar-refractivity contribution in [2.75, 3.05) is 5.32 Å². The quantitative estimate of drug-likeness (QED) is 0.713. The number of anilines is 1. The van der Waals surface area contributed by atoms with Crippen LogP contribution in [-0.4, -0.2) is 18.0 Å². The SMILES string of the molecule is CC(Oc1ccc(Cl)cc1Cl)C(=O)NCc1ccc(NC(N)=O)cc1. The molecule has 0 heterocycles. The van der Waals surface area contributed by atoms with E-state index in [1.807, 2.05) is 0 Å². The fourth-order valence-electron chi connectivity index (χ4n) is 2.00. The Morgan fingerprint density at radius 1 is 1.16 bits per heavy atom. The maximum Gasteiger partial charge on any atom is 0.316 e. The molecule has 2 aromatic carbocycles. The lowest BCUT2D eigenvalue weighted by Crippen LogP contribution is -2.35. The van der Waals surface area contributed by atoms with E-state index in [1.54, 1.807) is 49.4 Å². The van der Waals surface area contributed by atoms with Crippen molar-refractivity contribution in [3.63, 3.8) is 0 Å². The van der Waals surface area contributed by atoms with Gasteiger partial charge in [-0.25, -0.2) is 4.79 Å². The van der Waals surface area contributed by atoms with E-state index in [1.165, 1.54) is 0 Å². The molecule has 132 valence electrons. The van der Waals surface area contributed by atoms with Crippen LogP contribution >= 0.6 is 23.2 Å². The van der Waals surface area contributed by atoms with Crippen LogP contribution in [0.1, 0.15) is 12.5 Å². The largest absolute Gasteiger partial charge is 0.479 e. The Bertz CT molecular complexity index is 766. The highest BCUT2D eigenvalue weighted by Crippen LogP contribution is 2.28. The number of primary amides is 1. The summed E-state index contributed by atoms with van der Waals surface area (Å²) < 4.78 is 5.55. The van der Waals surface area contributed by atoms with Crippen LogP contribution in [0.3, 0.4) is 0 Å². The van der Waals surface area contributed by atoms with Crippen molar-refractivity contribution in [1.82, 2.24) is 5.32 Å². The van der Waals surface area contributed by atoms with Crippen LogP contribution < -0.4 is 21.1 Å². The molecule has 0 radical (unpaired) electrons. The van der Waals surface area contributed by atoms with E-state index in [0.717, 1.165) is 5.56 Å². The maximum atomic E-state index is 12.1. The number of carbonyl (C=O) groups excluding carboxylic acids is 2. The van der Waals surface area contributed by atoms with Gasteiger partial charge in [0.1, 0.15) is 5.75 Å². The second-order valence-corrected chi connectivity index (χ2v) is 6.08. The first-order valence-electron chi connectivity index (χ1n) is 7.40. The molecular weight excluding hydrogens is 365 g/mol.